The number of piperazine rings is 2. The van der Waals surface area contributed by atoms with Crippen LogP contribution in [0.4, 0.5) is 0 Å². The average Bonchev–Trinajstić information content (AvgIpc) is 2.54. The number of amides is 2. The molecule has 0 aromatic rings. The van der Waals surface area contributed by atoms with Gasteiger partial charge in [0.1, 0.15) is 0 Å². The fourth-order valence-corrected chi connectivity index (χ4v) is 2.80. The number of hydrogen-bond acceptors (Lipinski definition) is 4. The summed E-state index contributed by atoms with van der Waals surface area (Å²) >= 11 is 3.42. The highest BCUT2D eigenvalue weighted by Crippen LogP contribution is 2.03. The van der Waals surface area contributed by atoms with E-state index in [1.165, 1.54) is 6.42 Å². The molecule has 0 radical (unpaired) electrons. The minimum atomic E-state index is 0.191. The van der Waals surface area contributed by atoms with Crippen LogP contribution in [0.25, 0.3) is 0 Å². The molecule has 2 rings (SSSR count). The van der Waals surface area contributed by atoms with Gasteiger partial charge < -0.3 is 15.1 Å². The lowest BCUT2D eigenvalue weighted by atomic mass is 10.3. The molecule has 0 aromatic carbocycles. The summed E-state index contributed by atoms with van der Waals surface area (Å²) in [5.74, 6) is 0.400. The molecule has 0 aromatic heterocycles. The van der Waals surface area contributed by atoms with Gasteiger partial charge in [-0.05, 0) is 13.0 Å². The van der Waals surface area contributed by atoms with Crippen molar-refractivity contribution in [1.29, 1.82) is 0 Å². The summed E-state index contributed by atoms with van der Waals surface area (Å²) in [4.78, 5) is 27.9. The molecule has 128 valence electrons. The lowest BCUT2D eigenvalue weighted by Crippen LogP contribution is -2.48. The van der Waals surface area contributed by atoms with Crippen molar-refractivity contribution in [2.24, 2.45) is 0 Å². The van der Waals surface area contributed by atoms with Gasteiger partial charge in [-0.15, -0.1) is 0 Å². The van der Waals surface area contributed by atoms with Crippen molar-refractivity contribution in [3.63, 3.8) is 0 Å². The quantitative estimate of drug-likeness (QED) is 0.723. The molecular weight excluding hydrogens is 348 g/mol. The first-order valence-corrected chi connectivity index (χ1v) is 9.16. The summed E-state index contributed by atoms with van der Waals surface area (Å²) in [6, 6.07) is 0. The van der Waals surface area contributed by atoms with E-state index in [0.717, 1.165) is 64.2 Å². The van der Waals surface area contributed by atoms with Crippen molar-refractivity contribution in [2.75, 3.05) is 64.2 Å². The first-order chi connectivity index (χ1) is 10.5. The molecule has 2 aliphatic rings. The van der Waals surface area contributed by atoms with E-state index in [9.17, 15) is 9.59 Å². The van der Waals surface area contributed by atoms with Crippen LogP contribution in [0, 0.1) is 0 Å². The van der Waals surface area contributed by atoms with Gasteiger partial charge in [-0.2, -0.15) is 0 Å². The Bertz CT molecular complexity index is 340. The van der Waals surface area contributed by atoms with Gasteiger partial charge in [0.15, 0.2) is 0 Å². The van der Waals surface area contributed by atoms with Crippen molar-refractivity contribution in [2.45, 2.75) is 20.3 Å². The molecule has 0 spiro atoms. The van der Waals surface area contributed by atoms with Gasteiger partial charge in [0.25, 0.3) is 0 Å². The Morgan fingerprint density at radius 1 is 0.909 bits per heavy atom. The van der Waals surface area contributed by atoms with Crippen molar-refractivity contribution in [3.8, 4) is 0 Å². The molecule has 0 bridgehead atoms. The van der Waals surface area contributed by atoms with Crippen LogP contribution in [0.15, 0.2) is 0 Å². The highest BCUT2D eigenvalue weighted by Gasteiger charge is 2.17. The van der Waals surface area contributed by atoms with E-state index in [0.29, 0.717) is 0 Å². The second-order valence-electron chi connectivity index (χ2n) is 5.65. The lowest BCUT2D eigenvalue weighted by molar-refractivity contribution is -0.130. The first-order valence-electron chi connectivity index (χ1n) is 8.04. The molecule has 22 heavy (non-hydrogen) atoms. The number of rotatable bonds is 3. The molecule has 7 heteroatoms. The van der Waals surface area contributed by atoms with Crippen LogP contribution in [-0.4, -0.2) is 90.7 Å². The average molecular weight is 377 g/mol. The second-order valence-corrected chi connectivity index (χ2v) is 6.44. The van der Waals surface area contributed by atoms with Crippen molar-refractivity contribution in [3.05, 3.63) is 0 Å². The van der Waals surface area contributed by atoms with Gasteiger partial charge in [-0.25, -0.2) is 0 Å². The van der Waals surface area contributed by atoms with Gasteiger partial charge in [0.2, 0.25) is 11.8 Å². The zero-order chi connectivity index (χ0) is 16.4. The predicted octanol–water partition coefficient (Wildman–Crippen LogP) is 0.374. The maximum Gasteiger partial charge on any atom is 0.219 e. The molecule has 2 fully saturated rings. The third-order valence-electron chi connectivity index (χ3n) is 3.99. The Balaban J connectivity index is 0.000000235. The molecule has 0 aliphatic carbocycles. The first kappa shape index (κ1) is 19.4. The summed E-state index contributed by atoms with van der Waals surface area (Å²) in [5, 5.41) is 4.25. The lowest BCUT2D eigenvalue weighted by Gasteiger charge is -2.34. The van der Waals surface area contributed by atoms with Crippen LogP contribution < -0.4 is 5.32 Å². The summed E-state index contributed by atoms with van der Waals surface area (Å²) in [6.07, 6.45) is 1.19. The summed E-state index contributed by atoms with van der Waals surface area (Å²) in [6.45, 7) is 11.9. The van der Waals surface area contributed by atoms with E-state index in [4.69, 9.17) is 0 Å². The second kappa shape index (κ2) is 11.0. The smallest absolute Gasteiger partial charge is 0.219 e. The summed E-state index contributed by atoms with van der Waals surface area (Å²) in [7, 11) is 0. The maximum atomic E-state index is 11.0. The summed E-state index contributed by atoms with van der Waals surface area (Å²) < 4.78 is 0. The minimum Gasteiger partial charge on any atom is -0.340 e. The third kappa shape index (κ3) is 7.56. The van der Waals surface area contributed by atoms with Gasteiger partial charge in [0, 0.05) is 71.5 Å². The number of halogens is 1. The van der Waals surface area contributed by atoms with Crippen LogP contribution in [0.2, 0.25) is 0 Å². The predicted molar refractivity (Wildman–Crippen MR) is 92.2 cm³/mol. The van der Waals surface area contributed by atoms with E-state index in [1.807, 2.05) is 9.80 Å². The molecule has 6 nitrogen and oxygen atoms in total. The van der Waals surface area contributed by atoms with E-state index < -0.39 is 0 Å². The number of carbonyl (C=O) groups is 2. The number of alkyl halides is 1. The van der Waals surface area contributed by atoms with E-state index >= 15 is 0 Å². The van der Waals surface area contributed by atoms with Gasteiger partial charge >= 0.3 is 0 Å². The molecule has 2 aliphatic heterocycles. The third-order valence-corrected chi connectivity index (χ3v) is 4.55. The Morgan fingerprint density at radius 2 is 1.41 bits per heavy atom. The van der Waals surface area contributed by atoms with Crippen LogP contribution in [0.1, 0.15) is 20.3 Å². The summed E-state index contributed by atoms with van der Waals surface area (Å²) in [5.41, 5.74) is 0. The van der Waals surface area contributed by atoms with Crippen LogP contribution in [-0.2, 0) is 9.59 Å². The molecule has 2 amide bonds. The van der Waals surface area contributed by atoms with Gasteiger partial charge in [-0.3, -0.25) is 14.5 Å². The van der Waals surface area contributed by atoms with E-state index in [1.54, 1.807) is 13.8 Å². The topological polar surface area (TPSA) is 55.9 Å². The van der Waals surface area contributed by atoms with Crippen molar-refractivity contribution in [1.82, 2.24) is 20.0 Å². The van der Waals surface area contributed by atoms with Crippen molar-refractivity contribution < 1.29 is 9.59 Å². The zero-order valence-corrected chi connectivity index (χ0v) is 15.4. The zero-order valence-electron chi connectivity index (χ0n) is 13.8. The monoisotopic (exact) mass is 376 g/mol. The fourth-order valence-electron chi connectivity index (χ4n) is 2.55. The van der Waals surface area contributed by atoms with Crippen LogP contribution in [0.5, 0.6) is 0 Å². The van der Waals surface area contributed by atoms with Crippen molar-refractivity contribution >= 4 is 27.7 Å². The molecule has 1 N–H and O–H groups in total. The van der Waals surface area contributed by atoms with Gasteiger partial charge in [0.05, 0.1) is 0 Å². The van der Waals surface area contributed by atoms with Crippen LogP contribution in [0.3, 0.4) is 0 Å². The number of nitrogens with one attached hydrogen (secondary N) is 1. The largest absolute Gasteiger partial charge is 0.340 e. The standard InChI is InChI=1S/C9H17BrN2O.C6H12N2O/c1-9(13)12-7-5-11(6-8-12)4-2-3-10;1-6(9)8-4-2-7-3-5-8/h2-8H2,1H3;7H,2-5H2,1H3. The highest BCUT2D eigenvalue weighted by atomic mass is 79.9. The number of hydrogen-bond donors (Lipinski definition) is 1. The fraction of sp³-hybridized carbons (Fsp3) is 0.867. The Kier molecular flexibility index (Phi) is 9.66. The number of nitrogens with zero attached hydrogens (tertiary/aromatic N) is 3. The molecular formula is C15H29BrN4O2. The minimum absolute atomic E-state index is 0.191. The van der Waals surface area contributed by atoms with Crippen LogP contribution >= 0.6 is 15.9 Å². The van der Waals surface area contributed by atoms with E-state index in [-0.39, 0.29) is 11.8 Å². The normalized spacial score (nSPS) is 19.4. The molecule has 2 heterocycles. The SMILES string of the molecule is CC(=O)N1CCN(CCCBr)CC1.CC(=O)N1CCNCC1. The molecule has 0 saturated carbocycles. The van der Waals surface area contributed by atoms with E-state index in [2.05, 4.69) is 26.1 Å². The maximum absolute atomic E-state index is 11.0. The molecule has 0 unspecified atom stereocenters. The van der Waals surface area contributed by atoms with Gasteiger partial charge in [-0.1, -0.05) is 15.9 Å². The Hall–Kier alpha value is -0.660. The molecule has 2 saturated heterocycles. The Morgan fingerprint density at radius 3 is 1.82 bits per heavy atom. The Labute approximate surface area is 142 Å². The number of carbonyl (C=O) groups excluding carboxylic acids is 2. The highest BCUT2D eigenvalue weighted by molar-refractivity contribution is 9.09. The molecule has 0 atom stereocenters.